The highest BCUT2D eigenvalue weighted by Crippen LogP contribution is 2.10. The van der Waals surface area contributed by atoms with Crippen LogP contribution in [0.4, 0.5) is 5.69 Å². The molecule has 0 radical (unpaired) electrons. The van der Waals surface area contributed by atoms with E-state index in [-0.39, 0.29) is 5.69 Å². The zero-order chi connectivity index (χ0) is 11.8. The Morgan fingerprint density at radius 1 is 1.25 bits per heavy atom. The number of non-ortho nitro benzene ring substituents is 1. The molecule has 0 amide bonds. The van der Waals surface area contributed by atoms with E-state index >= 15 is 0 Å². The van der Waals surface area contributed by atoms with Crippen molar-refractivity contribution in [2.75, 3.05) is 0 Å². The minimum absolute atomic E-state index is 0.0648. The summed E-state index contributed by atoms with van der Waals surface area (Å²) in [5.41, 5.74) is 0.817. The highest BCUT2D eigenvalue weighted by molar-refractivity contribution is 5.40. The third-order valence-corrected chi connectivity index (χ3v) is 1.90. The third-order valence-electron chi connectivity index (χ3n) is 1.90. The van der Waals surface area contributed by atoms with Gasteiger partial charge < -0.3 is 0 Å². The van der Waals surface area contributed by atoms with Gasteiger partial charge in [0.05, 0.1) is 11.0 Å². The number of hydrogen-bond donors (Lipinski definition) is 0. The van der Waals surface area contributed by atoms with Crippen LogP contribution in [0.1, 0.15) is 24.8 Å². The number of nitrogens with zero attached hydrogens (tertiary/aromatic N) is 2. The van der Waals surface area contributed by atoms with Crippen molar-refractivity contribution in [1.29, 1.82) is 5.26 Å². The lowest BCUT2D eigenvalue weighted by molar-refractivity contribution is -0.384. The molecule has 0 heterocycles. The van der Waals surface area contributed by atoms with E-state index in [4.69, 9.17) is 5.26 Å². The summed E-state index contributed by atoms with van der Waals surface area (Å²) in [5, 5.41) is 18.7. The Morgan fingerprint density at radius 3 is 2.50 bits per heavy atom. The molecule has 0 saturated heterocycles. The van der Waals surface area contributed by atoms with Crippen molar-refractivity contribution in [2.24, 2.45) is 0 Å². The van der Waals surface area contributed by atoms with Gasteiger partial charge in [0.1, 0.15) is 0 Å². The lowest BCUT2D eigenvalue weighted by Crippen LogP contribution is -1.86. The Bertz CT molecular complexity index is 461. The maximum atomic E-state index is 10.4. The van der Waals surface area contributed by atoms with Crippen LogP contribution in [0, 0.1) is 33.3 Å². The Morgan fingerprint density at radius 2 is 1.94 bits per heavy atom. The van der Waals surface area contributed by atoms with Crippen LogP contribution in [0.15, 0.2) is 24.3 Å². The Labute approximate surface area is 93.7 Å². The molecule has 1 aromatic rings. The molecule has 0 N–H and O–H groups in total. The van der Waals surface area contributed by atoms with Crippen molar-refractivity contribution in [1.82, 2.24) is 0 Å². The first-order valence-corrected chi connectivity index (χ1v) is 4.84. The summed E-state index contributed by atoms with van der Waals surface area (Å²) < 4.78 is 0. The van der Waals surface area contributed by atoms with Crippen molar-refractivity contribution in [3.05, 3.63) is 39.9 Å². The number of nitriles is 1. The van der Waals surface area contributed by atoms with E-state index in [1.807, 2.05) is 6.07 Å². The van der Waals surface area contributed by atoms with Gasteiger partial charge in [-0.05, 0) is 18.6 Å². The standard InChI is InChI=1S/C12H10N2O2/c13-10-4-2-1-3-5-11-6-8-12(9-7-11)14(15)16/h6-9H,1-2,4H2. The van der Waals surface area contributed by atoms with Gasteiger partial charge in [-0.3, -0.25) is 10.1 Å². The summed E-state index contributed by atoms with van der Waals surface area (Å²) >= 11 is 0. The zero-order valence-corrected chi connectivity index (χ0v) is 8.64. The second kappa shape index (κ2) is 6.21. The molecule has 0 aliphatic carbocycles. The average molecular weight is 214 g/mol. The van der Waals surface area contributed by atoms with Crippen LogP contribution in [0.5, 0.6) is 0 Å². The summed E-state index contributed by atoms with van der Waals surface area (Å²) in [4.78, 5) is 9.94. The zero-order valence-electron chi connectivity index (χ0n) is 8.64. The monoisotopic (exact) mass is 214 g/mol. The second-order valence-electron chi connectivity index (χ2n) is 3.12. The lowest BCUT2D eigenvalue weighted by atomic mass is 10.2. The van der Waals surface area contributed by atoms with E-state index in [0.717, 1.165) is 12.0 Å². The topological polar surface area (TPSA) is 66.9 Å². The molecule has 4 nitrogen and oxygen atoms in total. The Hall–Kier alpha value is -2.33. The molecule has 0 aliphatic rings. The van der Waals surface area contributed by atoms with Gasteiger partial charge >= 0.3 is 0 Å². The quantitative estimate of drug-likeness (QED) is 0.336. The fourth-order valence-corrected chi connectivity index (χ4v) is 1.09. The van der Waals surface area contributed by atoms with E-state index in [1.54, 1.807) is 12.1 Å². The minimum atomic E-state index is -0.440. The van der Waals surface area contributed by atoms with Crippen LogP contribution in [0.2, 0.25) is 0 Å². The summed E-state index contributed by atoms with van der Waals surface area (Å²) in [6, 6.07) is 8.14. The molecule has 0 fully saturated rings. The number of benzene rings is 1. The highest BCUT2D eigenvalue weighted by atomic mass is 16.6. The van der Waals surface area contributed by atoms with Gasteiger partial charge in [0, 0.05) is 30.5 Å². The maximum absolute atomic E-state index is 10.4. The van der Waals surface area contributed by atoms with Crippen molar-refractivity contribution in [2.45, 2.75) is 19.3 Å². The van der Waals surface area contributed by atoms with Gasteiger partial charge in [-0.25, -0.2) is 0 Å². The first kappa shape index (κ1) is 11.7. The normalized spacial score (nSPS) is 8.69. The molecule has 0 saturated carbocycles. The van der Waals surface area contributed by atoms with E-state index in [1.165, 1.54) is 12.1 Å². The molecule has 0 spiro atoms. The fraction of sp³-hybridized carbons (Fsp3) is 0.250. The second-order valence-corrected chi connectivity index (χ2v) is 3.12. The summed E-state index contributed by atoms with van der Waals surface area (Å²) in [6.07, 6.45) is 1.94. The molecule has 80 valence electrons. The minimum Gasteiger partial charge on any atom is -0.258 e. The molecular formula is C12H10N2O2. The van der Waals surface area contributed by atoms with Crippen LogP contribution in [-0.2, 0) is 0 Å². The number of nitro benzene ring substituents is 1. The molecule has 0 atom stereocenters. The van der Waals surface area contributed by atoms with Crippen molar-refractivity contribution >= 4 is 5.69 Å². The van der Waals surface area contributed by atoms with Gasteiger partial charge in [0.15, 0.2) is 0 Å². The van der Waals surface area contributed by atoms with Crippen LogP contribution >= 0.6 is 0 Å². The summed E-state index contributed by atoms with van der Waals surface area (Å²) in [7, 11) is 0. The Kier molecular flexibility index (Phi) is 4.56. The number of rotatable bonds is 3. The van der Waals surface area contributed by atoms with E-state index < -0.39 is 4.92 Å². The molecule has 16 heavy (non-hydrogen) atoms. The van der Waals surface area contributed by atoms with Crippen molar-refractivity contribution in [3.63, 3.8) is 0 Å². The van der Waals surface area contributed by atoms with Gasteiger partial charge in [0.25, 0.3) is 5.69 Å². The SMILES string of the molecule is N#CCCCC#Cc1ccc([N+](=O)[O-])cc1. The van der Waals surface area contributed by atoms with Crippen LogP contribution in [0.3, 0.4) is 0 Å². The molecule has 0 unspecified atom stereocenters. The number of nitro groups is 1. The first-order chi connectivity index (χ1) is 7.74. The summed E-state index contributed by atoms with van der Waals surface area (Å²) in [6.45, 7) is 0. The van der Waals surface area contributed by atoms with Crippen LogP contribution < -0.4 is 0 Å². The van der Waals surface area contributed by atoms with Gasteiger partial charge in [0.2, 0.25) is 0 Å². The molecular weight excluding hydrogens is 204 g/mol. The molecule has 1 aromatic carbocycles. The third kappa shape index (κ3) is 3.81. The number of hydrogen-bond acceptors (Lipinski definition) is 3. The smallest absolute Gasteiger partial charge is 0.258 e. The van der Waals surface area contributed by atoms with E-state index in [9.17, 15) is 10.1 Å². The predicted molar refractivity (Wildman–Crippen MR) is 59.4 cm³/mol. The number of unbranched alkanes of at least 4 members (excludes halogenated alkanes) is 2. The molecule has 0 aliphatic heterocycles. The fourth-order valence-electron chi connectivity index (χ4n) is 1.09. The van der Waals surface area contributed by atoms with Gasteiger partial charge in [-0.1, -0.05) is 11.8 Å². The van der Waals surface area contributed by atoms with E-state index in [0.29, 0.717) is 12.8 Å². The molecule has 0 bridgehead atoms. The summed E-state index contributed by atoms with van der Waals surface area (Å²) in [5.74, 6) is 5.80. The average Bonchev–Trinajstić information content (AvgIpc) is 2.29. The molecule has 0 aromatic heterocycles. The highest BCUT2D eigenvalue weighted by Gasteiger charge is 2.01. The van der Waals surface area contributed by atoms with Gasteiger partial charge in [-0.2, -0.15) is 5.26 Å². The Balaban J connectivity index is 2.55. The largest absolute Gasteiger partial charge is 0.269 e. The van der Waals surface area contributed by atoms with Crippen molar-refractivity contribution < 1.29 is 4.92 Å². The van der Waals surface area contributed by atoms with Crippen molar-refractivity contribution in [3.8, 4) is 17.9 Å². The molecule has 1 rings (SSSR count). The van der Waals surface area contributed by atoms with E-state index in [2.05, 4.69) is 11.8 Å². The van der Waals surface area contributed by atoms with Crippen LogP contribution in [0.25, 0.3) is 0 Å². The maximum Gasteiger partial charge on any atom is 0.269 e. The molecule has 4 heteroatoms. The van der Waals surface area contributed by atoms with Gasteiger partial charge in [-0.15, -0.1) is 0 Å². The first-order valence-electron chi connectivity index (χ1n) is 4.84. The van der Waals surface area contributed by atoms with Crippen LogP contribution in [-0.4, -0.2) is 4.92 Å². The predicted octanol–water partition coefficient (Wildman–Crippen LogP) is 2.64. The lowest BCUT2D eigenvalue weighted by Gasteiger charge is -1.91.